The second-order valence-electron chi connectivity index (χ2n) is 9.33. The van der Waals surface area contributed by atoms with Gasteiger partial charge < -0.3 is 9.55 Å². The van der Waals surface area contributed by atoms with Crippen LogP contribution in [0.4, 0.5) is 0 Å². The number of hydrogen-bond acceptors (Lipinski definition) is 1. The molecule has 0 saturated carbocycles. The van der Waals surface area contributed by atoms with Gasteiger partial charge >= 0.3 is 20.1 Å². The second kappa shape index (κ2) is 10.3. The van der Waals surface area contributed by atoms with Crippen LogP contribution in [0.1, 0.15) is 25.0 Å². The van der Waals surface area contributed by atoms with E-state index in [1.807, 2.05) is 54.6 Å². The zero-order valence-corrected chi connectivity index (χ0v) is 23.0. The quantitative estimate of drug-likeness (QED) is 0.151. The fraction of sp³-hybridized carbons (Fsp3) is 0.0909. The van der Waals surface area contributed by atoms with Crippen LogP contribution >= 0.6 is 0 Å². The molecule has 0 aliphatic carbocycles. The Kier molecular flexibility index (Phi) is 6.88. The summed E-state index contributed by atoms with van der Waals surface area (Å²) >= 11 is 0. The summed E-state index contributed by atoms with van der Waals surface area (Å²) in [5.41, 5.74) is 9.20. The number of rotatable bonds is 2. The minimum Gasteiger partial charge on any atom is -0.314 e. The molecule has 0 radical (unpaired) electrons. The molecule has 0 fully saturated rings. The predicted molar refractivity (Wildman–Crippen MR) is 143 cm³/mol. The van der Waals surface area contributed by atoms with Crippen LogP contribution in [0.15, 0.2) is 115 Å². The van der Waals surface area contributed by atoms with Gasteiger partial charge in [0.2, 0.25) is 0 Å². The number of para-hydroxylation sites is 3. The van der Waals surface area contributed by atoms with Crippen molar-refractivity contribution in [3.05, 3.63) is 145 Å². The maximum Gasteiger partial charge on any atom is 3.00 e. The molecule has 3 heterocycles. The maximum atomic E-state index is 4.22. The van der Waals surface area contributed by atoms with E-state index >= 15 is 0 Å². The molecule has 3 nitrogen and oxygen atoms in total. The Morgan fingerprint density at radius 2 is 1.49 bits per heavy atom. The molecule has 4 aromatic carbocycles. The fourth-order valence-corrected chi connectivity index (χ4v) is 4.93. The molecule has 0 amide bonds. The van der Waals surface area contributed by atoms with E-state index in [4.69, 9.17) is 0 Å². The van der Waals surface area contributed by atoms with E-state index in [1.165, 1.54) is 22.2 Å². The average Bonchev–Trinajstić information content (AvgIpc) is 3.34. The Morgan fingerprint density at radius 1 is 0.730 bits per heavy atom. The predicted octanol–water partition coefficient (Wildman–Crippen LogP) is 6.69. The molecular weight excluding hydrogens is 631 g/mol. The molecule has 0 spiro atoms. The number of hydrogen-bond donors (Lipinski definition) is 0. The Labute approximate surface area is 231 Å². The van der Waals surface area contributed by atoms with E-state index < -0.39 is 0 Å². The number of pyridine rings is 1. The first-order valence-electron chi connectivity index (χ1n) is 12.1. The van der Waals surface area contributed by atoms with E-state index in [1.54, 1.807) is 6.20 Å². The van der Waals surface area contributed by atoms with Crippen LogP contribution in [0, 0.1) is 18.5 Å². The van der Waals surface area contributed by atoms with Crippen molar-refractivity contribution in [2.75, 3.05) is 0 Å². The van der Waals surface area contributed by atoms with Crippen molar-refractivity contribution in [2.24, 2.45) is 0 Å². The zero-order chi connectivity index (χ0) is 24.5. The molecule has 0 bridgehead atoms. The van der Waals surface area contributed by atoms with Gasteiger partial charge in [0.15, 0.2) is 0 Å². The Bertz CT molecular complexity index is 1600. The summed E-state index contributed by atoms with van der Waals surface area (Å²) in [6.45, 7) is 4.58. The van der Waals surface area contributed by atoms with E-state index in [9.17, 15) is 0 Å². The summed E-state index contributed by atoms with van der Waals surface area (Å²) in [6.07, 6.45) is 5.33. The molecule has 0 unspecified atom stereocenters. The molecule has 0 saturated heterocycles. The number of benzene rings is 4. The maximum absolute atomic E-state index is 4.22. The van der Waals surface area contributed by atoms with Gasteiger partial charge in [-0.1, -0.05) is 62.4 Å². The SMILES string of the molecule is CC1(C)c2ccc[c-]c2-[n+]2[c-]n(-c3ccccc3)c3cccc1c32.[Ir+3].[c-]1ccccc1-c1ccccn1. The number of fused-ring (bicyclic) bond motifs is 2. The van der Waals surface area contributed by atoms with Crippen molar-refractivity contribution in [1.82, 2.24) is 9.55 Å². The molecule has 1 aliphatic heterocycles. The van der Waals surface area contributed by atoms with Crippen LogP contribution in [0.25, 0.3) is 33.7 Å². The molecule has 6 aromatic rings. The summed E-state index contributed by atoms with van der Waals surface area (Å²) in [5.74, 6) is 0. The van der Waals surface area contributed by atoms with Gasteiger partial charge in [-0.25, -0.2) is 0 Å². The Balaban J connectivity index is 0.000000183. The van der Waals surface area contributed by atoms with Crippen molar-refractivity contribution in [3.8, 4) is 22.6 Å². The minimum absolute atomic E-state index is 0. The Morgan fingerprint density at radius 3 is 2.24 bits per heavy atom. The molecular formula is C33H25IrN3+. The van der Waals surface area contributed by atoms with Gasteiger partial charge in [0.05, 0.1) is 16.7 Å². The molecule has 0 N–H and O–H groups in total. The third-order valence-electron chi connectivity index (χ3n) is 6.75. The Hall–Kier alpha value is -3.85. The van der Waals surface area contributed by atoms with Gasteiger partial charge in [0, 0.05) is 6.20 Å². The standard InChI is InChI=1S/C22H17N2.C11H8N.Ir/c1-22(2)17-11-6-7-13-19(17)24-15-23(16-9-4-3-5-10-16)20-14-8-12-18(22)21(20)24;1-2-6-10(7-3-1)11-8-4-5-9-12-11;/h3-12,14H,1-2H3;1-6,8-9H;/q2*-1;+3. The van der Waals surface area contributed by atoms with Gasteiger partial charge in [-0.2, -0.15) is 24.3 Å². The van der Waals surface area contributed by atoms with Gasteiger partial charge in [0.25, 0.3) is 6.33 Å². The molecule has 0 atom stereocenters. The monoisotopic (exact) mass is 656 g/mol. The van der Waals surface area contributed by atoms with Crippen molar-refractivity contribution in [3.63, 3.8) is 0 Å². The largest absolute Gasteiger partial charge is 3.00 e. The smallest absolute Gasteiger partial charge is 0.314 e. The zero-order valence-electron chi connectivity index (χ0n) is 20.6. The van der Waals surface area contributed by atoms with Crippen LogP contribution in [-0.2, 0) is 25.5 Å². The van der Waals surface area contributed by atoms with Crippen molar-refractivity contribution in [1.29, 1.82) is 0 Å². The van der Waals surface area contributed by atoms with E-state index in [0.29, 0.717) is 0 Å². The summed E-state index contributed by atoms with van der Waals surface area (Å²) in [5, 5.41) is 0. The minimum atomic E-state index is -0.0523. The third-order valence-corrected chi connectivity index (χ3v) is 6.75. The van der Waals surface area contributed by atoms with Crippen LogP contribution in [-0.4, -0.2) is 9.55 Å². The second-order valence-corrected chi connectivity index (χ2v) is 9.33. The van der Waals surface area contributed by atoms with Crippen LogP contribution in [0.2, 0.25) is 0 Å². The summed E-state index contributed by atoms with van der Waals surface area (Å²) < 4.78 is 4.31. The van der Waals surface area contributed by atoms with Crippen molar-refractivity contribution in [2.45, 2.75) is 19.3 Å². The summed E-state index contributed by atoms with van der Waals surface area (Å²) in [6, 6.07) is 43.4. The van der Waals surface area contributed by atoms with E-state index in [0.717, 1.165) is 22.6 Å². The fourth-order valence-electron chi connectivity index (χ4n) is 4.93. The molecule has 1 aliphatic rings. The van der Waals surface area contributed by atoms with Crippen molar-refractivity contribution < 1.29 is 24.7 Å². The van der Waals surface area contributed by atoms with Gasteiger partial charge in [-0.05, 0) is 40.6 Å². The van der Waals surface area contributed by atoms with Gasteiger partial charge in [-0.3, -0.25) is 4.57 Å². The first-order chi connectivity index (χ1) is 17.6. The van der Waals surface area contributed by atoms with Crippen LogP contribution in [0.3, 0.4) is 0 Å². The van der Waals surface area contributed by atoms with Crippen LogP contribution < -0.4 is 4.57 Å². The van der Waals surface area contributed by atoms with E-state index in [2.05, 4.69) is 101 Å². The summed E-state index contributed by atoms with van der Waals surface area (Å²) in [7, 11) is 0. The number of aromatic nitrogens is 3. The molecule has 7 rings (SSSR count). The van der Waals surface area contributed by atoms with Crippen LogP contribution in [0.5, 0.6) is 0 Å². The molecule has 37 heavy (non-hydrogen) atoms. The van der Waals surface area contributed by atoms with Crippen molar-refractivity contribution >= 4 is 11.0 Å². The molecule has 4 heteroatoms. The average molecular weight is 656 g/mol. The normalized spacial score (nSPS) is 12.6. The molecule has 180 valence electrons. The first-order valence-corrected chi connectivity index (χ1v) is 12.1. The number of nitrogens with zero attached hydrogens (tertiary/aromatic N) is 3. The third kappa shape index (κ3) is 4.44. The van der Waals surface area contributed by atoms with E-state index in [-0.39, 0.29) is 25.5 Å². The van der Waals surface area contributed by atoms with Gasteiger partial charge in [-0.15, -0.1) is 41.5 Å². The topological polar surface area (TPSA) is 21.7 Å². The van der Waals surface area contributed by atoms with Gasteiger partial charge in [0.1, 0.15) is 0 Å². The molecule has 2 aromatic heterocycles. The first kappa shape index (κ1) is 24.8. The summed E-state index contributed by atoms with van der Waals surface area (Å²) in [4.78, 5) is 4.22. The number of imidazole rings is 1.